The number of ether oxygens (including phenoxy) is 2. The quantitative estimate of drug-likeness (QED) is 0.366. The molecular weight excluding hydrogens is 348 g/mol. The molecule has 3 N–H and O–H groups in total. The second-order valence-corrected chi connectivity index (χ2v) is 5.53. The number of aliphatic hydroxyl groups is 1. The van der Waals surface area contributed by atoms with Crippen molar-refractivity contribution in [3.63, 3.8) is 0 Å². The highest BCUT2D eigenvalue weighted by molar-refractivity contribution is 5.87. The van der Waals surface area contributed by atoms with Crippen molar-refractivity contribution in [2.24, 2.45) is 5.11 Å². The Morgan fingerprint density at radius 2 is 2.50 bits per heavy atom. The van der Waals surface area contributed by atoms with Crippen molar-refractivity contribution in [1.82, 2.24) is 19.5 Å². The summed E-state index contributed by atoms with van der Waals surface area (Å²) in [6, 6.07) is 0. The summed E-state index contributed by atoms with van der Waals surface area (Å²) in [7, 11) is 0. The molecule has 13 heteroatoms. The molecule has 1 fully saturated rings. The molecule has 0 bridgehead atoms. The van der Waals surface area contributed by atoms with Crippen molar-refractivity contribution in [2.75, 3.05) is 18.7 Å². The number of carbonyl (C=O) groups is 1. The standard InChI is InChI=1S/C13H16N8O5/c1-6(23)17-13-18-11-10(12(24)19-13)15-4-21(11)9-2-7(8(3-22)26-9)25-5-16-20-14/h4,7-9,22H,2-3,5H2,1H3,(H2,17,18,19,23,24)/t7-,8-,9-/m1/s1. The number of fused-ring (bicyclic) bond motifs is 1. The number of aromatic nitrogens is 4. The highest BCUT2D eigenvalue weighted by Gasteiger charge is 2.37. The maximum atomic E-state index is 12.1. The van der Waals surface area contributed by atoms with Crippen LogP contribution in [0.1, 0.15) is 19.6 Å². The molecule has 13 nitrogen and oxygen atoms in total. The minimum atomic E-state index is -0.636. The molecule has 1 amide bonds. The van der Waals surface area contributed by atoms with Crippen LogP contribution in [0.5, 0.6) is 0 Å². The normalized spacial score (nSPS) is 22.3. The first-order valence-corrected chi connectivity index (χ1v) is 7.66. The minimum Gasteiger partial charge on any atom is -0.394 e. The fourth-order valence-electron chi connectivity index (χ4n) is 2.73. The average molecular weight is 364 g/mol. The van der Waals surface area contributed by atoms with Gasteiger partial charge in [-0.15, -0.1) is 0 Å². The Kier molecular flexibility index (Phi) is 5.14. The maximum absolute atomic E-state index is 12.1. The molecule has 0 spiro atoms. The van der Waals surface area contributed by atoms with E-state index >= 15 is 0 Å². The molecule has 0 radical (unpaired) electrons. The third-order valence-corrected chi connectivity index (χ3v) is 3.81. The zero-order valence-electron chi connectivity index (χ0n) is 13.7. The summed E-state index contributed by atoms with van der Waals surface area (Å²) in [6.07, 6.45) is -0.0402. The van der Waals surface area contributed by atoms with Gasteiger partial charge in [-0.05, 0) is 5.53 Å². The van der Waals surface area contributed by atoms with Gasteiger partial charge in [0.25, 0.3) is 5.56 Å². The van der Waals surface area contributed by atoms with Crippen LogP contribution < -0.4 is 10.9 Å². The van der Waals surface area contributed by atoms with E-state index in [0.29, 0.717) is 6.42 Å². The molecule has 3 heterocycles. The molecule has 0 unspecified atom stereocenters. The number of azide groups is 1. The van der Waals surface area contributed by atoms with Crippen LogP contribution in [0.2, 0.25) is 0 Å². The summed E-state index contributed by atoms with van der Waals surface area (Å²) in [6.45, 7) is 0.803. The van der Waals surface area contributed by atoms with E-state index in [1.807, 2.05) is 0 Å². The molecule has 138 valence electrons. The largest absolute Gasteiger partial charge is 0.394 e. The summed E-state index contributed by atoms with van der Waals surface area (Å²) < 4.78 is 12.7. The molecule has 2 aromatic rings. The smallest absolute Gasteiger partial charge is 0.280 e. The lowest BCUT2D eigenvalue weighted by molar-refractivity contribution is -0.114. The summed E-state index contributed by atoms with van der Waals surface area (Å²) in [5.74, 6) is -0.396. The number of aliphatic hydroxyl groups excluding tert-OH is 1. The van der Waals surface area contributed by atoms with Crippen molar-refractivity contribution >= 4 is 23.0 Å². The van der Waals surface area contributed by atoms with Gasteiger partial charge in [0.05, 0.1) is 19.0 Å². The maximum Gasteiger partial charge on any atom is 0.280 e. The lowest BCUT2D eigenvalue weighted by atomic mass is 10.2. The SMILES string of the molecule is CC(=O)Nc1nc2c(ncn2[C@H]2C[C@@H](OCN=[N+]=[N-])[C@@H](CO)O2)c(=O)[nH]1. The number of rotatable bonds is 6. The number of nitrogens with zero attached hydrogens (tertiary/aromatic N) is 6. The number of nitrogens with one attached hydrogen (secondary N) is 2. The minimum absolute atomic E-state index is 0.00962. The molecule has 26 heavy (non-hydrogen) atoms. The highest BCUT2D eigenvalue weighted by Crippen LogP contribution is 2.32. The first-order valence-electron chi connectivity index (χ1n) is 7.66. The zero-order valence-corrected chi connectivity index (χ0v) is 13.7. The van der Waals surface area contributed by atoms with Crippen molar-refractivity contribution in [1.29, 1.82) is 0 Å². The average Bonchev–Trinajstić information content (AvgIpc) is 3.18. The third-order valence-electron chi connectivity index (χ3n) is 3.81. The Morgan fingerprint density at radius 3 is 3.19 bits per heavy atom. The summed E-state index contributed by atoms with van der Waals surface area (Å²) in [4.78, 5) is 36.5. The molecule has 0 aliphatic carbocycles. The molecule has 1 saturated heterocycles. The fourth-order valence-corrected chi connectivity index (χ4v) is 2.73. The molecule has 2 aromatic heterocycles. The Balaban J connectivity index is 1.90. The number of aromatic amines is 1. The lowest BCUT2D eigenvalue weighted by Gasteiger charge is -2.15. The van der Waals surface area contributed by atoms with Gasteiger partial charge >= 0.3 is 0 Å². The van der Waals surface area contributed by atoms with Crippen LogP contribution in [0.4, 0.5) is 5.95 Å². The molecule has 0 aromatic carbocycles. The van der Waals surface area contributed by atoms with Gasteiger partial charge in [0.15, 0.2) is 11.2 Å². The van der Waals surface area contributed by atoms with Crippen LogP contribution in [0.15, 0.2) is 16.2 Å². The van der Waals surface area contributed by atoms with E-state index in [2.05, 4.69) is 30.3 Å². The Labute approximate surface area is 145 Å². The number of H-pyrrole nitrogens is 1. The number of imidazole rings is 1. The van der Waals surface area contributed by atoms with Crippen LogP contribution in [-0.2, 0) is 14.3 Å². The second kappa shape index (κ2) is 7.49. The first kappa shape index (κ1) is 17.8. The van der Waals surface area contributed by atoms with Crippen LogP contribution in [-0.4, -0.2) is 56.1 Å². The van der Waals surface area contributed by atoms with Crippen LogP contribution in [0, 0.1) is 0 Å². The van der Waals surface area contributed by atoms with E-state index in [1.54, 1.807) is 0 Å². The van der Waals surface area contributed by atoms with Gasteiger partial charge in [-0.2, -0.15) is 4.98 Å². The van der Waals surface area contributed by atoms with E-state index in [9.17, 15) is 14.7 Å². The van der Waals surface area contributed by atoms with Gasteiger partial charge in [-0.3, -0.25) is 24.5 Å². The zero-order chi connectivity index (χ0) is 18.7. The summed E-state index contributed by atoms with van der Waals surface area (Å²) >= 11 is 0. The van der Waals surface area contributed by atoms with E-state index in [4.69, 9.17) is 15.0 Å². The molecule has 1 aliphatic rings. The third kappa shape index (κ3) is 3.50. The van der Waals surface area contributed by atoms with E-state index in [-0.39, 0.29) is 36.4 Å². The number of carbonyl (C=O) groups excluding carboxylic acids is 1. The number of hydrogen-bond acceptors (Lipinski definition) is 8. The topological polar surface area (TPSA) is 180 Å². The van der Waals surface area contributed by atoms with Crippen LogP contribution >= 0.6 is 0 Å². The molecule has 3 atom stereocenters. The highest BCUT2D eigenvalue weighted by atomic mass is 16.6. The Bertz CT molecular complexity index is 917. The monoisotopic (exact) mass is 364 g/mol. The van der Waals surface area contributed by atoms with Gasteiger partial charge in [0.1, 0.15) is 19.1 Å². The molecular formula is C13H16N8O5. The number of amides is 1. The Morgan fingerprint density at radius 1 is 1.69 bits per heavy atom. The van der Waals surface area contributed by atoms with Gasteiger partial charge < -0.3 is 14.6 Å². The molecule has 0 saturated carbocycles. The van der Waals surface area contributed by atoms with Crippen LogP contribution in [0.3, 0.4) is 0 Å². The van der Waals surface area contributed by atoms with E-state index < -0.39 is 24.0 Å². The Hall–Kier alpha value is -2.99. The van der Waals surface area contributed by atoms with Crippen LogP contribution in [0.25, 0.3) is 21.6 Å². The van der Waals surface area contributed by atoms with Crippen molar-refractivity contribution in [3.05, 3.63) is 27.1 Å². The summed E-state index contributed by atoms with van der Waals surface area (Å²) in [5.41, 5.74) is 8.11. The van der Waals surface area contributed by atoms with Crippen molar-refractivity contribution < 1.29 is 19.4 Å². The fraction of sp³-hybridized carbons (Fsp3) is 0.538. The first-order chi connectivity index (χ1) is 12.5. The lowest BCUT2D eigenvalue weighted by Crippen LogP contribution is -2.27. The van der Waals surface area contributed by atoms with E-state index in [0.717, 1.165) is 0 Å². The van der Waals surface area contributed by atoms with Gasteiger partial charge in [-0.1, -0.05) is 5.11 Å². The number of hydrogen-bond donors (Lipinski definition) is 3. The van der Waals surface area contributed by atoms with Gasteiger partial charge in [-0.25, -0.2) is 4.98 Å². The van der Waals surface area contributed by atoms with Gasteiger partial charge in [0.2, 0.25) is 11.9 Å². The van der Waals surface area contributed by atoms with Gasteiger partial charge in [0, 0.05) is 18.3 Å². The van der Waals surface area contributed by atoms with Crippen molar-refractivity contribution in [2.45, 2.75) is 31.8 Å². The molecule has 1 aliphatic heterocycles. The van der Waals surface area contributed by atoms with Crippen molar-refractivity contribution in [3.8, 4) is 0 Å². The molecule has 3 rings (SSSR count). The number of anilines is 1. The predicted octanol–water partition coefficient (Wildman–Crippen LogP) is 0.0108. The summed E-state index contributed by atoms with van der Waals surface area (Å²) in [5, 5.41) is 15.2. The second-order valence-electron chi connectivity index (χ2n) is 5.53. The van der Waals surface area contributed by atoms with E-state index in [1.165, 1.54) is 17.8 Å². The predicted molar refractivity (Wildman–Crippen MR) is 87.0 cm³/mol.